The van der Waals surface area contributed by atoms with Crippen LogP contribution in [0.2, 0.25) is 0 Å². The van der Waals surface area contributed by atoms with Crippen molar-refractivity contribution in [2.45, 2.75) is 38.9 Å². The summed E-state index contributed by atoms with van der Waals surface area (Å²) in [5.41, 5.74) is 0.927. The first-order valence-electron chi connectivity index (χ1n) is 7.33. The van der Waals surface area contributed by atoms with E-state index in [1.165, 1.54) is 0 Å². The molecule has 4 unspecified atom stereocenters. The minimum Gasteiger partial charge on any atom is -0.487 e. The predicted molar refractivity (Wildman–Crippen MR) is 79.7 cm³/mol. The number of ether oxygens (including phenoxy) is 1. The number of pyridine rings is 1. The maximum Gasteiger partial charge on any atom is 0.129 e. The molecule has 1 aromatic carbocycles. The molecule has 1 aromatic heterocycles. The van der Waals surface area contributed by atoms with E-state index in [-0.39, 0.29) is 12.2 Å². The molecule has 106 valence electrons. The van der Waals surface area contributed by atoms with Gasteiger partial charge in [0.1, 0.15) is 11.9 Å². The molecule has 3 rings (SSSR count). The van der Waals surface area contributed by atoms with Crippen LogP contribution in [0, 0.1) is 11.8 Å². The van der Waals surface area contributed by atoms with Crippen LogP contribution in [0.15, 0.2) is 36.5 Å². The number of rotatable bonds is 2. The van der Waals surface area contributed by atoms with Crippen molar-refractivity contribution in [1.29, 1.82) is 0 Å². The van der Waals surface area contributed by atoms with E-state index >= 15 is 0 Å². The maximum atomic E-state index is 10.3. The van der Waals surface area contributed by atoms with Gasteiger partial charge in [-0.1, -0.05) is 19.9 Å². The van der Waals surface area contributed by atoms with Gasteiger partial charge < -0.3 is 9.84 Å². The number of hydrogen-bond acceptors (Lipinski definition) is 3. The van der Waals surface area contributed by atoms with Gasteiger partial charge in [-0.3, -0.25) is 4.98 Å². The highest BCUT2D eigenvalue weighted by Gasteiger charge is 2.34. The van der Waals surface area contributed by atoms with Crippen LogP contribution in [-0.4, -0.2) is 22.3 Å². The lowest BCUT2D eigenvalue weighted by Crippen LogP contribution is -2.43. The molecule has 1 aliphatic rings. The van der Waals surface area contributed by atoms with E-state index in [0.717, 1.165) is 29.5 Å². The van der Waals surface area contributed by atoms with Crippen LogP contribution < -0.4 is 4.74 Å². The Morgan fingerprint density at radius 2 is 2.00 bits per heavy atom. The van der Waals surface area contributed by atoms with Crippen molar-refractivity contribution in [3.8, 4) is 5.75 Å². The minimum atomic E-state index is -0.388. The van der Waals surface area contributed by atoms with Crippen LogP contribution >= 0.6 is 0 Å². The van der Waals surface area contributed by atoms with Crippen LogP contribution in [0.1, 0.15) is 26.7 Å². The smallest absolute Gasteiger partial charge is 0.129 e. The number of hydrogen-bond donors (Lipinski definition) is 1. The van der Waals surface area contributed by atoms with E-state index in [4.69, 9.17) is 4.74 Å². The van der Waals surface area contributed by atoms with Gasteiger partial charge in [0.15, 0.2) is 0 Å². The van der Waals surface area contributed by atoms with E-state index in [2.05, 4.69) is 18.8 Å². The molecule has 3 heteroatoms. The lowest BCUT2D eigenvalue weighted by Gasteiger charge is -2.37. The van der Waals surface area contributed by atoms with Crippen molar-refractivity contribution in [1.82, 2.24) is 4.98 Å². The van der Waals surface area contributed by atoms with Gasteiger partial charge in [-0.15, -0.1) is 0 Å². The molecule has 0 spiro atoms. The molecule has 1 fully saturated rings. The molecule has 0 aliphatic heterocycles. The summed E-state index contributed by atoms with van der Waals surface area (Å²) in [4.78, 5) is 4.34. The minimum absolute atomic E-state index is 0.128. The van der Waals surface area contributed by atoms with Gasteiger partial charge in [0.25, 0.3) is 0 Å². The fourth-order valence-electron chi connectivity index (χ4n) is 3.31. The van der Waals surface area contributed by atoms with Gasteiger partial charge in [-0.2, -0.15) is 0 Å². The van der Waals surface area contributed by atoms with Crippen molar-refractivity contribution < 1.29 is 9.84 Å². The van der Waals surface area contributed by atoms with Crippen molar-refractivity contribution >= 4 is 10.9 Å². The molecule has 3 nitrogen and oxygen atoms in total. The lowest BCUT2D eigenvalue weighted by molar-refractivity contribution is -0.0381. The zero-order valence-corrected chi connectivity index (χ0v) is 12.0. The van der Waals surface area contributed by atoms with Crippen LogP contribution in [0.4, 0.5) is 0 Å². The van der Waals surface area contributed by atoms with Crippen LogP contribution in [0.25, 0.3) is 10.9 Å². The second-order valence-electron chi connectivity index (χ2n) is 6.03. The van der Waals surface area contributed by atoms with E-state index in [1.54, 1.807) is 6.20 Å². The first kappa shape index (κ1) is 13.4. The molecular formula is C17H21NO2. The molecule has 1 N–H and O–H groups in total. The van der Waals surface area contributed by atoms with Crippen molar-refractivity contribution in [3.63, 3.8) is 0 Å². The summed E-state index contributed by atoms with van der Waals surface area (Å²) in [5, 5.41) is 11.3. The van der Waals surface area contributed by atoms with Gasteiger partial charge >= 0.3 is 0 Å². The normalized spacial score (nSPS) is 30.4. The second kappa shape index (κ2) is 5.41. The SMILES string of the molecule is CC1CC(C)C(Oc2cccc3ncccc23)C(O)C1. The number of nitrogens with zero attached hydrogens (tertiary/aromatic N) is 1. The summed E-state index contributed by atoms with van der Waals surface area (Å²) in [5.74, 6) is 1.75. The zero-order chi connectivity index (χ0) is 14.1. The van der Waals surface area contributed by atoms with Crippen LogP contribution in [-0.2, 0) is 0 Å². The highest BCUT2D eigenvalue weighted by Crippen LogP contribution is 2.34. The van der Waals surface area contributed by atoms with E-state index in [9.17, 15) is 5.11 Å². The quantitative estimate of drug-likeness (QED) is 0.910. The average Bonchev–Trinajstić information content (AvgIpc) is 2.43. The van der Waals surface area contributed by atoms with E-state index < -0.39 is 0 Å². The molecule has 20 heavy (non-hydrogen) atoms. The van der Waals surface area contributed by atoms with Crippen molar-refractivity contribution in [3.05, 3.63) is 36.5 Å². The monoisotopic (exact) mass is 271 g/mol. The zero-order valence-electron chi connectivity index (χ0n) is 12.0. The molecule has 1 heterocycles. The second-order valence-corrected chi connectivity index (χ2v) is 6.03. The first-order valence-corrected chi connectivity index (χ1v) is 7.33. The van der Waals surface area contributed by atoms with Gasteiger partial charge in [0.05, 0.1) is 11.6 Å². The third-order valence-corrected chi connectivity index (χ3v) is 4.23. The highest BCUT2D eigenvalue weighted by atomic mass is 16.5. The molecule has 4 atom stereocenters. The molecule has 1 saturated carbocycles. The summed E-state index contributed by atoms with van der Waals surface area (Å²) in [6.45, 7) is 4.35. The van der Waals surface area contributed by atoms with Gasteiger partial charge in [0, 0.05) is 11.6 Å². The summed E-state index contributed by atoms with van der Waals surface area (Å²) >= 11 is 0. The summed E-state index contributed by atoms with van der Waals surface area (Å²) in [7, 11) is 0. The molecule has 0 bridgehead atoms. The molecule has 2 aromatic rings. The Morgan fingerprint density at radius 1 is 1.15 bits per heavy atom. The number of aromatic nitrogens is 1. The average molecular weight is 271 g/mol. The van der Waals surface area contributed by atoms with E-state index in [1.807, 2.05) is 30.3 Å². The largest absolute Gasteiger partial charge is 0.487 e. The summed E-state index contributed by atoms with van der Waals surface area (Å²) in [6.07, 6.45) is 3.19. The number of aliphatic hydroxyl groups excluding tert-OH is 1. The Labute approximate surface area is 119 Å². The van der Waals surface area contributed by atoms with Crippen molar-refractivity contribution in [2.24, 2.45) is 11.8 Å². The Hall–Kier alpha value is -1.61. The third-order valence-electron chi connectivity index (χ3n) is 4.23. The maximum absolute atomic E-state index is 10.3. The van der Waals surface area contributed by atoms with Gasteiger partial charge in [-0.25, -0.2) is 0 Å². The highest BCUT2D eigenvalue weighted by molar-refractivity contribution is 5.84. The summed E-state index contributed by atoms with van der Waals surface area (Å²) in [6, 6.07) is 9.82. The Balaban J connectivity index is 1.89. The Bertz CT molecular complexity index is 581. The number of fused-ring (bicyclic) bond motifs is 1. The molecule has 1 aliphatic carbocycles. The first-order chi connectivity index (χ1) is 9.65. The van der Waals surface area contributed by atoms with Gasteiger partial charge in [0.2, 0.25) is 0 Å². The standard InChI is InChI=1S/C17H21NO2/c1-11-9-12(2)17(15(19)10-11)20-16-7-3-6-14-13(16)5-4-8-18-14/h3-8,11-12,15,17,19H,9-10H2,1-2H3. The molecule has 0 radical (unpaired) electrons. The number of benzene rings is 1. The molecular weight excluding hydrogens is 250 g/mol. The Kier molecular flexibility index (Phi) is 3.62. The fourth-order valence-corrected chi connectivity index (χ4v) is 3.31. The summed E-state index contributed by atoms with van der Waals surface area (Å²) < 4.78 is 6.15. The third kappa shape index (κ3) is 2.50. The topological polar surface area (TPSA) is 42.4 Å². The lowest BCUT2D eigenvalue weighted by atomic mass is 9.79. The van der Waals surface area contributed by atoms with Crippen molar-refractivity contribution in [2.75, 3.05) is 0 Å². The van der Waals surface area contributed by atoms with Crippen LogP contribution in [0.5, 0.6) is 5.75 Å². The molecule has 0 amide bonds. The predicted octanol–water partition coefficient (Wildman–Crippen LogP) is 3.41. The van der Waals surface area contributed by atoms with Gasteiger partial charge in [-0.05, 0) is 48.9 Å². The molecule has 0 saturated heterocycles. The fraction of sp³-hybridized carbons (Fsp3) is 0.471. The number of aliphatic hydroxyl groups is 1. The Morgan fingerprint density at radius 3 is 2.80 bits per heavy atom. The van der Waals surface area contributed by atoms with Crippen LogP contribution in [0.3, 0.4) is 0 Å². The van der Waals surface area contributed by atoms with E-state index in [0.29, 0.717) is 11.8 Å².